The summed E-state index contributed by atoms with van der Waals surface area (Å²) in [6, 6.07) is 6.49. The minimum absolute atomic E-state index is 0.238. The van der Waals surface area contributed by atoms with Crippen LogP contribution in [0.4, 0.5) is 10.2 Å². The molecule has 0 aliphatic carbocycles. The number of fused-ring (bicyclic) bond motifs is 1. The molecule has 0 aliphatic rings. The second-order valence-corrected chi connectivity index (χ2v) is 5.69. The maximum atomic E-state index is 13.1. The first-order valence-corrected chi connectivity index (χ1v) is 7.88. The van der Waals surface area contributed by atoms with E-state index in [0.717, 1.165) is 40.1 Å². The van der Waals surface area contributed by atoms with Gasteiger partial charge in [0.25, 0.3) is 0 Å². The number of nitrogens with one attached hydrogen (secondary N) is 1. The molecule has 3 rings (SSSR count). The summed E-state index contributed by atoms with van der Waals surface area (Å²) in [6.07, 6.45) is 2.46. The number of aromatic nitrogens is 2. The van der Waals surface area contributed by atoms with Gasteiger partial charge in [-0.1, -0.05) is 12.1 Å². The molecule has 0 atom stereocenters. The molecule has 2 aromatic heterocycles. The Morgan fingerprint density at radius 3 is 2.82 bits per heavy atom. The highest BCUT2D eigenvalue weighted by Gasteiger charge is 2.12. The summed E-state index contributed by atoms with van der Waals surface area (Å²) < 4.78 is 18.2. The highest BCUT2D eigenvalue weighted by Crippen LogP contribution is 2.36. The fraction of sp³-hybridized carbons (Fsp3) is 0.250. The third kappa shape index (κ3) is 3.08. The Bertz CT molecular complexity index is 758. The normalized spacial score (nSPS) is 11.0. The molecule has 4 nitrogen and oxygen atoms in total. The Hall–Kier alpha value is -2.05. The number of rotatable bonds is 6. The van der Waals surface area contributed by atoms with Gasteiger partial charge in [-0.15, -0.1) is 11.3 Å². The van der Waals surface area contributed by atoms with Gasteiger partial charge in [-0.05, 0) is 24.1 Å². The highest BCUT2D eigenvalue weighted by molar-refractivity contribution is 7.17. The number of methoxy groups -OCH3 is 1. The van der Waals surface area contributed by atoms with Crippen molar-refractivity contribution in [1.82, 2.24) is 9.97 Å². The molecule has 0 saturated heterocycles. The molecular formula is C16H16FN3OS. The van der Waals surface area contributed by atoms with E-state index in [4.69, 9.17) is 4.74 Å². The van der Waals surface area contributed by atoms with Crippen molar-refractivity contribution in [3.8, 4) is 11.1 Å². The lowest BCUT2D eigenvalue weighted by atomic mass is 10.1. The van der Waals surface area contributed by atoms with E-state index in [-0.39, 0.29) is 5.82 Å². The van der Waals surface area contributed by atoms with Crippen LogP contribution in [-0.2, 0) is 4.74 Å². The van der Waals surface area contributed by atoms with Crippen LogP contribution >= 0.6 is 11.3 Å². The van der Waals surface area contributed by atoms with E-state index in [2.05, 4.69) is 15.3 Å². The van der Waals surface area contributed by atoms with E-state index >= 15 is 0 Å². The molecule has 0 fully saturated rings. The number of ether oxygens (including phenoxy) is 1. The summed E-state index contributed by atoms with van der Waals surface area (Å²) in [5.41, 5.74) is 1.98. The highest BCUT2D eigenvalue weighted by atomic mass is 32.1. The summed E-state index contributed by atoms with van der Waals surface area (Å²) in [4.78, 5) is 9.59. The topological polar surface area (TPSA) is 47.0 Å². The molecule has 22 heavy (non-hydrogen) atoms. The summed E-state index contributed by atoms with van der Waals surface area (Å²) in [7, 11) is 1.69. The quantitative estimate of drug-likeness (QED) is 0.699. The van der Waals surface area contributed by atoms with Crippen molar-refractivity contribution < 1.29 is 9.13 Å². The van der Waals surface area contributed by atoms with Gasteiger partial charge in [0.15, 0.2) is 0 Å². The fourth-order valence-electron chi connectivity index (χ4n) is 2.27. The van der Waals surface area contributed by atoms with Crippen LogP contribution in [0.3, 0.4) is 0 Å². The molecule has 0 saturated carbocycles. The lowest BCUT2D eigenvalue weighted by Crippen LogP contribution is -2.06. The summed E-state index contributed by atoms with van der Waals surface area (Å²) in [5, 5.41) is 6.35. The molecule has 2 heterocycles. The van der Waals surface area contributed by atoms with Crippen LogP contribution in [0.2, 0.25) is 0 Å². The number of nitrogens with zero attached hydrogens (tertiary/aromatic N) is 2. The van der Waals surface area contributed by atoms with Crippen molar-refractivity contribution in [2.75, 3.05) is 25.6 Å². The SMILES string of the molecule is COCCCNc1ncnc2scc(-c3ccc(F)cc3)c12. The van der Waals surface area contributed by atoms with E-state index in [0.29, 0.717) is 6.61 Å². The average Bonchev–Trinajstić information content (AvgIpc) is 2.97. The molecule has 3 aromatic rings. The van der Waals surface area contributed by atoms with Gasteiger partial charge in [0.05, 0.1) is 5.39 Å². The Morgan fingerprint density at radius 1 is 1.23 bits per heavy atom. The molecule has 114 valence electrons. The predicted molar refractivity (Wildman–Crippen MR) is 87.8 cm³/mol. The summed E-state index contributed by atoms with van der Waals surface area (Å²) >= 11 is 1.56. The van der Waals surface area contributed by atoms with Gasteiger partial charge in [0, 0.05) is 31.2 Å². The minimum Gasteiger partial charge on any atom is -0.385 e. The smallest absolute Gasteiger partial charge is 0.138 e. The first-order chi connectivity index (χ1) is 10.8. The Kier molecular flexibility index (Phi) is 4.60. The maximum Gasteiger partial charge on any atom is 0.138 e. The lowest BCUT2D eigenvalue weighted by molar-refractivity contribution is 0.198. The van der Waals surface area contributed by atoms with E-state index < -0.39 is 0 Å². The van der Waals surface area contributed by atoms with E-state index in [1.807, 2.05) is 5.38 Å². The summed E-state index contributed by atoms with van der Waals surface area (Å²) in [5.74, 6) is 0.569. The molecule has 1 aromatic carbocycles. The lowest BCUT2D eigenvalue weighted by Gasteiger charge is -2.08. The van der Waals surface area contributed by atoms with Gasteiger partial charge in [0.2, 0.25) is 0 Å². The molecule has 0 radical (unpaired) electrons. The van der Waals surface area contributed by atoms with Crippen molar-refractivity contribution in [2.24, 2.45) is 0 Å². The fourth-order valence-corrected chi connectivity index (χ4v) is 3.19. The van der Waals surface area contributed by atoms with E-state index in [1.54, 1.807) is 36.9 Å². The number of benzene rings is 1. The van der Waals surface area contributed by atoms with Gasteiger partial charge in [0.1, 0.15) is 22.8 Å². The van der Waals surface area contributed by atoms with Crippen LogP contribution in [0.15, 0.2) is 36.0 Å². The molecular weight excluding hydrogens is 301 g/mol. The second-order valence-electron chi connectivity index (χ2n) is 4.83. The molecule has 1 N–H and O–H groups in total. The number of hydrogen-bond acceptors (Lipinski definition) is 5. The van der Waals surface area contributed by atoms with Crippen LogP contribution in [-0.4, -0.2) is 30.2 Å². The number of halogens is 1. The molecule has 0 spiro atoms. The van der Waals surface area contributed by atoms with E-state index in [1.165, 1.54) is 12.1 Å². The monoisotopic (exact) mass is 317 g/mol. The minimum atomic E-state index is -0.238. The maximum absolute atomic E-state index is 13.1. The van der Waals surface area contributed by atoms with Crippen LogP contribution in [0.25, 0.3) is 21.3 Å². The zero-order chi connectivity index (χ0) is 15.4. The van der Waals surface area contributed by atoms with Gasteiger partial charge >= 0.3 is 0 Å². The first kappa shape index (κ1) is 14.9. The standard InChI is InChI=1S/C16H16FN3OS/c1-21-8-2-7-18-15-14-13(9-22-16(14)20-10-19-15)11-3-5-12(17)6-4-11/h3-6,9-10H,2,7-8H2,1H3,(H,18,19,20). The van der Waals surface area contributed by atoms with E-state index in [9.17, 15) is 4.39 Å². The molecule has 0 amide bonds. The van der Waals surface area contributed by atoms with Crippen LogP contribution < -0.4 is 5.32 Å². The summed E-state index contributed by atoms with van der Waals surface area (Å²) in [6.45, 7) is 1.48. The van der Waals surface area contributed by atoms with Gasteiger partial charge in [-0.3, -0.25) is 0 Å². The number of hydrogen-bond donors (Lipinski definition) is 1. The van der Waals surface area contributed by atoms with Crippen molar-refractivity contribution in [1.29, 1.82) is 0 Å². The average molecular weight is 317 g/mol. The van der Waals surface area contributed by atoms with Crippen LogP contribution in [0.5, 0.6) is 0 Å². The first-order valence-electron chi connectivity index (χ1n) is 7.00. The number of thiophene rings is 1. The van der Waals surface area contributed by atoms with Crippen LogP contribution in [0, 0.1) is 5.82 Å². The zero-order valence-electron chi connectivity index (χ0n) is 12.2. The zero-order valence-corrected chi connectivity index (χ0v) is 13.0. The van der Waals surface area contributed by atoms with Gasteiger partial charge in [-0.25, -0.2) is 14.4 Å². The molecule has 6 heteroatoms. The Balaban J connectivity index is 1.95. The Labute approximate surface area is 132 Å². The van der Waals surface area contributed by atoms with Crippen molar-refractivity contribution in [3.63, 3.8) is 0 Å². The van der Waals surface area contributed by atoms with Gasteiger partial charge < -0.3 is 10.1 Å². The third-order valence-corrected chi connectivity index (χ3v) is 4.23. The predicted octanol–water partition coefficient (Wildman–Crippen LogP) is 3.95. The molecule has 0 unspecified atom stereocenters. The Morgan fingerprint density at radius 2 is 2.05 bits per heavy atom. The van der Waals surface area contributed by atoms with Gasteiger partial charge in [-0.2, -0.15) is 0 Å². The third-order valence-electron chi connectivity index (χ3n) is 3.34. The number of anilines is 1. The molecule has 0 aliphatic heterocycles. The largest absolute Gasteiger partial charge is 0.385 e. The second kappa shape index (κ2) is 6.81. The van der Waals surface area contributed by atoms with Crippen LogP contribution in [0.1, 0.15) is 6.42 Å². The van der Waals surface area contributed by atoms with Crippen molar-refractivity contribution in [3.05, 3.63) is 41.8 Å². The van der Waals surface area contributed by atoms with Crippen molar-refractivity contribution in [2.45, 2.75) is 6.42 Å². The molecule has 0 bridgehead atoms. The van der Waals surface area contributed by atoms with Crippen molar-refractivity contribution >= 4 is 27.4 Å².